The molecule has 0 saturated carbocycles. The number of hydrogen-bond acceptors (Lipinski definition) is 4. The largest absolute Gasteiger partial charge is 0.341 e. The van der Waals surface area contributed by atoms with Crippen LogP contribution < -0.4 is 0 Å². The topological polar surface area (TPSA) is 62.6 Å². The number of rotatable bonds is 4. The van der Waals surface area contributed by atoms with E-state index in [0.717, 1.165) is 67.7 Å². The van der Waals surface area contributed by atoms with Gasteiger partial charge in [-0.1, -0.05) is 15.9 Å². The smallest absolute Gasteiger partial charge is 0.294 e. The van der Waals surface area contributed by atoms with Crippen LogP contribution >= 0.6 is 27.7 Å². The standard InChI is InChI=1S/C24H26BrN3O3S/c1-14-9-19(10-15(2)22(14)25)28-16(3)11-18(17(28)4)12-20-23(30)27(24(31)32-20)13-21(29)26-7-5-6-8-26/h9-12H,5-8,13H2,1-4H3/b20-12-. The quantitative estimate of drug-likeness (QED) is 0.529. The van der Waals surface area contributed by atoms with Crippen LogP contribution in [0.15, 0.2) is 27.6 Å². The lowest BCUT2D eigenvalue weighted by Crippen LogP contribution is -2.40. The zero-order chi connectivity index (χ0) is 23.2. The number of carbonyl (C=O) groups excluding carboxylic acids is 3. The van der Waals surface area contributed by atoms with Gasteiger partial charge in [0.05, 0.1) is 4.91 Å². The normalized spacial score (nSPS) is 17.8. The Labute approximate surface area is 200 Å². The van der Waals surface area contributed by atoms with Crippen LogP contribution in [0, 0.1) is 27.7 Å². The first-order valence-corrected chi connectivity index (χ1v) is 12.3. The van der Waals surface area contributed by atoms with Gasteiger partial charge < -0.3 is 9.47 Å². The summed E-state index contributed by atoms with van der Waals surface area (Å²) in [6.45, 7) is 9.38. The molecule has 0 atom stereocenters. The summed E-state index contributed by atoms with van der Waals surface area (Å²) in [5.74, 6) is -0.558. The lowest BCUT2D eigenvalue weighted by atomic mass is 10.1. The molecule has 0 unspecified atom stereocenters. The van der Waals surface area contributed by atoms with Gasteiger partial charge in [0.25, 0.3) is 11.1 Å². The van der Waals surface area contributed by atoms with E-state index in [0.29, 0.717) is 18.0 Å². The van der Waals surface area contributed by atoms with E-state index in [9.17, 15) is 14.4 Å². The first-order chi connectivity index (χ1) is 15.2. The second kappa shape index (κ2) is 8.90. The summed E-state index contributed by atoms with van der Waals surface area (Å²) in [6.07, 6.45) is 3.71. The predicted octanol–water partition coefficient (Wildman–Crippen LogP) is 5.13. The molecule has 2 fully saturated rings. The van der Waals surface area contributed by atoms with Crippen molar-refractivity contribution in [1.29, 1.82) is 0 Å². The van der Waals surface area contributed by atoms with Crippen molar-refractivity contribution < 1.29 is 14.4 Å². The number of likely N-dealkylation sites (tertiary alicyclic amines) is 1. The number of benzene rings is 1. The van der Waals surface area contributed by atoms with Gasteiger partial charge >= 0.3 is 0 Å². The summed E-state index contributed by atoms with van der Waals surface area (Å²) in [4.78, 5) is 41.0. The van der Waals surface area contributed by atoms with Crippen LogP contribution in [-0.2, 0) is 9.59 Å². The number of hydrogen-bond donors (Lipinski definition) is 0. The predicted molar refractivity (Wildman–Crippen MR) is 131 cm³/mol. The molecule has 1 aromatic heterocycles. The molecule has 6 nitrogen and oxygen atoms in total. The molecule has 0 aliphatic carbocycles. The van der Waals surface area contributed by atoms with Crippen LogP contribution in [0.25, 0.3) is 11.8 Å². The Morgan fingerprint density at radius 2 is 1.69 bits per heavy atom. The number of amides is 3. The zero-order valence-corrected chi connectivity index (χ0v) is 21.1. The highest BCUT2D eigenvalue weighted by Gasteiger charge is 2.37. The molecule has 2 aliphatic rings. The number of imide groups is 1. The maximum absolute atomic E-state index is 12.9. The van der Waals surface area contributed by atoms with Gasteiger partial charge in [0.15, 0.2) is 0 Å². The molecule has 3 heterocycles. The molecule has 0 bridgehead atoms. The van der Waals surface area contributed by atoms with E-state index in [4.69, 9.17) is 0 Å². The molecular weight excluding hydrogens is 490 g/mol. The van der Waals surface area contributed by atoms with E-state index in [1.165, 1.54) is 0 Å². The molecule has 4 rings (SSSR count). The summed E-state index contributed by atoms with van der Waals surface area (Å²) >= 11 is 4.52. The van der Waals surface area contributed by atoms with E-state index in [2.05, 4.69) is 46.5 Å². The third kappa shape index (κ3) is 4.18. The average molecular weight is 516 g/mol. The zero-order valence-electron chi connectivity index (χ0n) is 18.7. The van der Waals surface area contributed by atoms with Crippen LogP contribution in [0.5, 0.6) is 0 Å². The van der Waals surface area contributed by atoms with Gasteiger partial charge in [0, 0.05) is 34.6 Å². The van der Waals surface area contributed by atoms with Crippen molar-refractivity contribution in [2.45, 2.75) is 40.5 Å². The Hall–Kier alpha value is -2.32. The van der Waals surface area contributed by atoms with E-state index in [-0.39, 0.29) is 17.7 Å². The van der Waals surface area contributed by atoms with Crippen LogP contribution in [0.1, 0.15) is 40.9 Å². The van der Waals surface area contributed by atoms with Crippen LogP contribution in [0.3, 0.4) is 0 Å². The minimum Gasteiger partial charge on any atom is -0.341 e. The maximum Gasteiger partial charge on any atom is 0.294 e. The molecule has 168 valence electrons. The SMILES string of the molecule is Cc1cc(-n2c(C)cc(/C=C3\SC(=O)N(CC(=O)N4CCCC4)C3=O)c2C)cc(C)c1Br. The average Bonchev–Trinajstić information content (AvgIpc) is 3.43. The van der Waals surface area contributed by atoms with E-state index in [1.807, 2.05) is 19.9 Å². The summed E-state index contributed by atoms with van der Waals surface area (Å²) < 4.78 is 3.25. The van der Waals surface area contributed by atoms with Crippen molar-refractivity contribution in [3.05, 3.63) is 55.7 Å². The fourth-order valence-electron chi connectivity index (χ4n) is 4.36. The number of halogens is 1. The molecule has 2 aliphatic heterocycles. The first kappa shape index (κ1) is 22.9. The van der Waals surface area contributed by atoms with Crippen molar-refractivity contribution in [3.63, 3.8) is 0 Å². The van der Waals surface area contributed by atoms with Crippen molar-refractivity contribution >= 4 is 50.8 Å². The minimum absolute atomic E-state index is 0.162. The molecule has 32 heavy (non-hydrogen) atoms. The van der Waals surface area contributed by atoms with Gasteiger partial charge in [0.2, 0.25) is 5.91 Å². The van der Waals surface area contributed by atoms with Gasteiger partial charge in [-0.15, -0.1) is 0 Å². The molecule has 3 amide bonds. The Kier molecular flexibility index (Phi) is 6.36. The van der Waals surface area contributed by atoms with Crippen LogP contribution in [0.2, 0.25) is 0 Å². The molecule has 2 aromatic rings. The Morgan fingerprint density at radius 1 is 1.06 bits per heavy atom. The molecule has 2 saturated heterocycles. The Morgan fingerprint density at radius 3 is 2.31 bits per heavy atom. The molecule has 0 spiro atoms. The van der Waals surface area contributed by atoms with Crippen molar-refractivity contribution in [2.75, 3.05) is 19.6 Å². The van der Waals surface area contributed by atoms with Gasteiger partial charge in [-0.25, -0.2) is 0 Å². The second-order valence-electron chi connectivity index (χ2n) is 8.41. The van der Waals surface area contributed by atoms with Crippen molar-refractivity contribution in [2.24, 2.45) is 0 Å². The molecule has 8 heteroatoms. The van der Waals surface area contributed by atoms with E-state index >= 15 is 0 Å². The van der Waals surface area contributed by atoms with Crippen LogP contribution in [-0.4, -0.2) is 51.1 Å². The van der Waals surface area contributed by atoms with Gasteiger partial charge in [-0.3, -0.25) is 19.3 Å². The fourth-order valence-corrected chi connectivity index (χ4v) is 5.42. The minimum atomic E-state index is -0.396. The molecular formula is C24H26BrN3O3S. The first-order valence-electron chi connectivity index (χ1n) is 10.7. The highest BCUT2D eigenvalue weighted by Crippen LogP contribution is 2.34. The summed E-state index contributed by atoms with van der Waals surface area (Å²) in [6, 6.07) is 6.27. The fraction of sp³-hybridized carbons (Fsp3) is 0.375. The van der Waals surface area contributed by atoms with Crippen molar-refractivity contribution in [1.82, 2.24) is 14.4 Å². The highest BCUT2D eigenvalue weighted by atomic mass is 79.9. The monoisotopic (exact) mass is 515 g/mol. The maximum atomic E-state index is 12.9. The number of aromatic nitrogens is 1. The molecule has 0 radical (unpaired) electrons. The number of nitrogens with zero attached hydrogens (tertiary/aromatic N) is 3. The van der Waals surface area contributed by atoms with Gasteiger partial charge in [-0.05, 0) is 93.3 Å². The third-order valence-corrected chi connectivity index (χ3v) is 8.22. The molecule has 1 aromatic carbocycles. The number of carbonyl (C=O) groups is 3. The van der Waals surface area contributed by atoms with Gasteiger partial charge in [-0.2, -0.15) is 0 Å². The third-order valence-electron chi connectivity index (χ3n) is 6.06. The van der Waals surface area contributed by atoms with Crippen LogP contribution in [0.4, 0.5) is 4.79 Å². The summed E-state index contributed by atoms with van der Waals surface area (Å²) in [5, 5.41) is -0.387. The number of aryl methyl sites for hydroxylation is 3. The highest BCUT2D eigenvalue weighted by molar-refractivity contribution is 9.10. The second-order valence-corrected chi connectivity index (χ2v) is 10.2. The summed E-state index contributed by atoms with van der Waals surface area (Å²) in [7, 11) is 0. The summed E-state index contributed by atoms with van der Waals surface area (Å²) in [5.41, 5.74) is 6.27. The van der Waals surface area contributed by atoms with E-state index < -0.39 is 5.91 Å². The lowest BCUT2D eigenvalue weighted by molar-refractivity contribution is -0.135. The Bertz CT molecular complexity index is 1140. The Balaban J connectivity index is 1.61. The van der Waals surface area contributed by atoms with E-state index in [1.54, 1.807) is 11.0 Å². The van der Waals surface area contributed by atoms with Crippen molar-refractivity contribution in [3.8, 4) is 5.69 Å². The van der Waals surface area contributed by atoms with Gasteiger partial charge in [0.1, 0.15) is 6.54 Å². The molecule has 0 N–H and O–H groups in total. The number of thioether (sulfide) groups is 1. The lowest BCUT2D eigenvalue weighted by Gasteiger charge is -2.18.